The summed E-state index contributed by atoms with van der Waals surface area (Å²) in [6, 6.07) is 0. The molecule has 0 fully saturated rings. The van der Waals surface area contributed by atoms with E-state index in [1.54, 1.807) is 0 Å². The van der Waals surface area contributed by atoms with E-state index in [2.05, 4.69) is 41.5 Å². The minimum absolute atomic E-state index is 0.102. The second kappa shape index (κ2) is 59.4. The van der Waals surface area contributed by atoms with Crippen molar-refractivity contribution in [1.82, 2.24) is 0 Å². The number of carbonyl (C=O) groups is 4. The molecule has 86 heavy (non-hydrogen) atoms. The van der Waals surface area contributed by atoms with Gasteiger partial charge in [0.15, 0.2) is 12.2 Å². The molecule has 0 saturated carbocycles. The zero-order valence-corrected chi connectivity index (χ0v) is 57.4. The number of phosphoric ester groups is 2. The topological polar surface area (TPSA) is 237 Å². The predicted octanol–water partition coefficient (Wildman–Crippen LogP) is 18.8. The Bertz CT molecular complexity index is 1690. The van der Waals surface area contributed by atoms with Crippen LogP contribution in [0.15, 0.2) is 0 Å². The Morgan fingerprint density at radius 1 is 0.326 bits per heavy atom. The monoisotopic (exact) mass is 1270 g/mol. The van der Waals surface area contributed by atoms with Crippen LogP contribution >= 0.6 is 15.6 Å². The lowest BCUT2D eigenvalue weighted by atomic mass is 10.00. The van der Waals surface area contributed by atoms with E-state index in [9.17, 15) is 43.2 Å². The van der Waals surface area contributed by atoms with Gasteiger partial charge >= 0.3 is 39.5 Å². The lowest BCUT2D eigenvalue weighted by Crippen LogP contribution is -2.30. The number of aliphatic hydroxyl groups is 1. The van der Waals surface area contributed by atoms with Crippen molar-refractivity contribution < 1.29 is 80.2 Å². The highest BCUT2D eigenvalue weighted by molar-refractivity contribution is 7.47. The molecule has 4 unspecified atom stereocenters. The number of esters is 4. The number of ether oxygens (including phenoxy) is 4. The van der Waals surface area contributed by atoms with Gasteiger partial charge in [-0.2, -0.15) is 0 Å². The summed E-state index contributed by atoms with van der Waals surface area (Å²) in [7, 11) is -9.89. The summed E-state index contributed by atoms with van der Waals surface area (Å²) in [6.07, 6.45) is 43.0. The van der Waals surface area contributed by atoms with Gasteiger partial charge in [0.05, 0.1) is 26.4 Å². The Morgan fingerprint density at radius 2 is 0.558 bits per heavy atom. The molecule has 0 saturated heterocycles. The van der Waals surface area contributed by atoms with Crippen molar-refractivity contribution in [1.29, 1.82) is 0 Å². The van der Waals surface area contributed by atoms with E-state index < -0.39 is 97.5 Å². The summed E-state index contributed by atoms with van der Waals surface area (Å²) < 4.78 is 68.1. The average Bonchev–Trinajstić information content (AvgIpc) is 3.56. The normalized spacial score (nSPS) is 14.8. The summed E-state index contributed by atoms with van der Waals surface area (Å²) in [5.74, 6) is -0.680. The molecule has 0 aromatic carbocycles. The first-order valence-electron chi connectivity index (χ1n) is 35.1. The van der Waals surface area contributed by atoms with Crippen LogP contribution in [0, 0.1) is 11.8 Å². The second-order valence-electron chi connectivity index (χ2n) is 24.7. The lowest BCUT2D eigenvalue weighted by molar-refractivity contribution is -0.161. The highest BCUT2D eigenvalue weighted by atomic mass is 31.2. The Labute approximate surface area is 524 Å². The molecule has 17 nitrogen and oxygen atoms in total. The number of carbonyl (C=O) groups excluding carboxylic acids is 4. The first kappa shape index (κ1) is 84.1. The third kappa shape index (κ3) is 58.4. The second-order valence-corrected chi connectivity index (χ2v) is 27.6. The van der Waals surface area contributed by atoms with E-state index in [0.717, 1.165) is 108 Å². The maximum Gasteiger partial charge on any atom is 0.472 e. The molecule has 0 heterocycles. The smallest absolute Gasteiger partial charge is 0.462 e. The van der Waals surface area contributed by atoms with Crippen LogP contribution in [0.5, 0.6) is 0 Å². The van der Waals surface area contributed by atoms with Crippen molar-refractivity contribution >= 4 is 39.5 Å². The summed E-state index contributed by atoms with van der Waals surface area (Å²) in [5.41, 5.74) is 0. The third-order valence-electron chi connectivity index (χ3n) is 16.2. The van der Waals surface area contributed by atoms with E-state index in [1.165, 1.54) is 148 Å². The van der Waals surface area contributed by atoms with Gasteiger partial charge in [-0.1, -0.05) is 286 Å². The van der Waals surface area contributed by atoms with Crippen molar-refractivity contribution in [2.24, 2.45) is 11.8 Å². The standard InChI is InChI=1S/C67H130O17P2/c1-7-11-13-15-17-19-21-23-24-26-28-30-39-45-51-66(71)83-62(55-77-64(69)49-43-37-29-27-25-22-20-18-16-14-12-8-2)57-81-85(73,74)79-53-61(68)54-80-86(75,76)82-58-63(84-67(72)52-46-40-34-32-36-42-48-60(6)10-4)56-78-65(70)50-44-38-33-31-35-41-47-59(5)9-3/h59-63,68H,7-58H2,1-6H3,(H,73,74)(H,75,76)/t59?,60?,61-,62-,63-/m1/s1. The van der Waals surface area contributed by atoms with Crippen LogP contribution < -0.4 is 0 Å². The Hall–Kier alpha value is -1.94. The quantitative estimate of drug-likeness (QED) is 0.0222. The van der Waals surface area contributed by atoms with Gasteiger partial charge in [-0.15, -0.1) is 0 Å². The fraction of sp³-hybridized carbons (Fsp3) is 0.940. The fourth-order valence-corrected chi connectivity index (χ4v) is 11.6. The van der Waals surface area contributed by atoms with E-state index in [4.69, 9.17) is 37.0 Å². The highest BCUT2D eigenvalue weighted by Crippen LogP contribution is 2.45. The lowest BCUT2D eigenvalue weighted by Gasteiger charge is -2.21. The van der Waals surface area contributed by atoms with Crippen molar-refractivity contribution in [3.05, 3.63) is 0 Å². The molecule has 0 aliphatic rings. The van der Waals surface area contributed by atoms with Crippen LogP contribution in [0.25, 0.3) is 0 Å². The summed E-state index contributed by atoms with van der Waals surface area (Å²) in [4.78, 5) is 72.4. The van der Waals surface area contributed by atoms with Gasteiger partial charge in [0, 0.05) is 25.7 Å². The third-order valence-corrected chi connectivity index (χ3v) is 18.1. The average molecular weight is 1270 g/mol. The van der Waals surface area contributed by atoms with Crippen LogP contribution in [-0.2, 0) is 65.4 Å². The highest BCUT2D eigenvalue weighted by Gasteiger charge is 2.30. The fourth-order valence-electron chi connectivity index (χ4n) is 10.00. The van der Waals surface area contributed by atoms with Crippen molar-refractivity contribution in [3.8, 4) is 0 Å². The molecule has 0 bridgehead atoms. The largest absolute Gasteiger partial charge is 0.472 e. The molecule has 0 spiro atoms. The van der Waals surface area contributed by atoms with Gasteiger partial charge in [0.25, 0.3) is 0 Å². The zero-order valence-electron chi connectivity index (χ0n) is 55.6. The summed E-state index contributed by atoms with van der Waals surface area (Å²) >= 11 is 0. The first-order chi connectivity index (χ1) is 41.4. The minimum Gasteiger partial charge on any atom is -0.462 e. The molecule has 510 valence electrons. The molecule has 0 amide bonds. The van der Waals surface area contributed by atoms with Gasteiger partial charge in [-0.25, -0.2) is 9.13 Å². The molecule has 0 radical (unpaired) electrons. The van der Waals surface area contributed by atoms with Crippen LogP contribution in [0.1, 0.15) is 337 Å². The maximum atomic E-state index is 13.0. The van der Waals surface area contributed by atoms with E-state index in [0.29, 0.717) is 25.7 Å². The number of aliphatic hydroxyl groups excluding tert-OH is 1. The maximum absolute atomic E-state index is 13.0. The number of phosphoric acid groups is 2. The molecule has 0 aromatic heterocycles. The molecule has 3 N–H and O–H groups in total. The molecule has 19 heteroatoms. The Morgan fingerprint density at radius 3 is 0.826 bits per heavy atom. The first-order valence-corrected chi connectivity index (χ1v) is 38.1. The molecule has 7 atom stereocenters. The van der Waals surface area contributed by atoms with Gasteiger partial charge in [-0.3, -0.25) is 37.3 Å². The number of hydrogen-bond acceptors (Lipinski definition) is 15. The molecule has 0 aliphatic heterocycles. The summed E-state index contributed by atoms with van der Waals surface area (Å²) in [6.45, 7) is 9.44. The predicted molar refractivity (Wildman–Crippen MR) is 345 cm³/mol. The van der Waals surface area contributed by atoms with Crippen LogP contribution in [-0.4, -0.2) is 96.7 Å². The van der Waals surface area contributed by atoms with Crippen molar-refractivity contribution in [2.75, 3.05) is 39.6 Å². The van der Waals surface area contributed by atoms with E-state index in [-0.39, 0.29) is 25.7 Å². The Kier molecular flexibility index (Phi) is 58.0. The molecule has 0 aliphatic carbocycles. The zero-order chi connectivity index (χ0) is 63.6. The SMILES string of the molecule is CCCCCCCCCCCCCCCCC(=O)O[C@H](COC(=O)CCCCCCCCCCCCCC)COP(=O)(O)OC[C@@H](O)COP(=O)(O)OC[C@@H](COC(=O)CCCCCCCCC(C)CC)OC(=O)CCCCCCCCC(C)CC. The van der Waals surface area contributed by atoms with Gasteiger partial charge in [0.2, 0.25) is 0 Å². The van der Waals surface area contributed by atoms with Crippen LogP contribution in [0.4, 0.5) is 0 Å². The minimum atomic E-state index is -4.95. The van der Waals surface area contributed by atoms with E-state index in [1.807, 2.05) is 0 Å². The van der Waals surface area contributed by atoms with Crippen molar-refractivity contribution in [3.63, 3.8) is 0 Å². The number of rotatable bonds is 66. The van der Waals surface area contributed by atoms with Crippen molar-refractivity contribution in [2.45, 2.75) is 355 Å². The van der Waals surface area contributed by atoms with E-state index >= 15 is 0 Å². The van der Waals surface area contributed by atoms with Gasteiger partial charge in [-0.05, 0) is 37.5 Å². The Balaban J connectivity index is 5.25. The molecule has 0 rings (SSSR count). The number of unbranched alkanes of at least 4 members (excludes halogenated alkanes) is 34. The number of hydrogen-bond donors (Lipinski definition) is 3. The van der Waals surface area contributed by atoms with Crippen LogP contribution in [0.3, 0.4) is 0 Å². The molecular weight excluding hydrogens is 1140 g/mol. The van der Waals surface area contributed by atoms with Gasteiger partial charge in [0.1, 0.15) is 19.3 Å². The molecular formula is C67H130O17P2. The van der Waals surface area contributed by atoms with Gasteiger partial charge < -0.3 is 33.8 Å². The van der Waals surface area contributed by atoms with Crippen LogP contribution in [0.2, 0.25) is 0 Å². The summed E-state index contributed by atoms with van der Waals surface area (Å²) in [5, 5.41) is 10.6. The molecule has 0 aromatic rings.